The number of unbranched alkanes of at least 4 members (excludes halogenated alkanes) is 1. The van der Waals surface area contributed by atoms with E-state index >= 15 is 0 Å². The van der Waals surface area contributed by atoms with Gasteiger partial charge in [-0.3, -0.25) is 24.7 Å². The van der Waals surface area contributed by atoms with E-state index in [4.69, 9.17) is 5.84 Å². The number of imide groups is 1. The maximum atomic E-state index is 11.6. The number of carbonyl (C=O) groups excluding carboxylic acids is 3. The fourth-order valence-electron chi connectivity index (χ4n) is 1.84. The summed E-state index contributed by atoms with van der Waals surface area (Å²) in [6.07, 6.45) is 4.08. The molecule has 6 heteroatoms. The molecule has 0 atom stereocenters. The Hall–Kier alpha value is -1.43. The highest BCUT2D eigenvalue weighted by Gasteiger charge is 2.23. The second kappa shape index (κ2) is 7.01. The minimum atomic E-state index is -0.224. The van der Waals surface area contributed by atoms with Crippen molar-refractivity contribution in [3.8, 4) is 0 Å². The topological polar surface area (TPSA) is 92.5 Å². The Morgan fingerprint density at radius 3 is 2.29 bits per heavy atom. The number of hydrogen-bond acceptors (Lipinski definition) is 4. The van der Waals surface area contributed by atoms with E-state index in [0.29, 0.717) is 38.6 Å². The van der Waals surface area contributed by atoms with E-state index in [1.165, 1.54) is 4.90 Å². The smallest absolute Gasteiger partial charge is 0.233 e. The molecule has 3 amide bonds. The van der Waals surface area contributed by atoms with Crippen LogP contribution in [0, 0.1) is 0 Å². The van der Waals surface area contributed by atoms with E-state index in [0.717, 1.165) is 12.8 Å². The fraction of sp³-hybridized carbons (Fsp3) is 0.727. The molecule has 17 heavy (non-hydrogen) atoms. The van der Waals surface area contributed by atoms with Crippen LogP contribution in [0.15, 0.2) is 0 Å². The van der Waals surface area contributed by atoms with Gasteiger partial charge < -0.3 is 0 Å². The maximum Gasteiger partial charge on any atom is 0.233 e. The van der Waals surface area contributed by atoms with Crippen molar-refractivity contribution in [2.75, 3.05) is 6.54 Å². The summed E-state index contributed by atoms with van der Waals surface area (Å²) in [7, 11) is 0. The number of hydrogen-bond donors (Lipinski definition) is 2. The van der Waals surface area contributed by atoms with E-state index < -0.39 is 0 Å². The average Bonchev–Trinajstić information content (AvgIpc) is 2.47. The molecule has 1 fully saturated rings. The Morgan fingerprint density at radius 1 is 1.18 bits per heavy atom. The van der Waals surface area contributed by atoms with Gasteiger partial charge in [0.2, 0.25) is 17.7 Å². The molecule has 1 rings (SSSR count). The van der Waals surface area contributed by atoms with Gasteiger partial charge in [-0.25, -0.2) is 5.84 Å². The summed E-state index contributed by atoms with van der Waals surface area (Å²) in [4.78, 5) is 35.4. The number of hydrazine groups is 1. The molecule has 1 aliphatic rings. The average molecular weight is 241 g/mol. The first-order valence-electron chi connectivity index (χ1n) is 5.98. The second-order valence-electron chi connectivity index (χ2n) is 4.17. The summed E-state index contributed by atoms with van der Waals surface area (Å²) in [5.74, 6) is 4.55. The lowest BCUT2D eigenvalue weighted by atomic mass is 10.2. The standard InChI is InChI=1S/C11H19N3O3/c12-13-9(15)5-3-4-8-14-10(16)6-1-2-7-11(14)17/h1-8,12H2,(H,13,15). The predicted octanol–water partition coefficient (Wildman–Crippen LogP) is 0.0758. The van der Waals surface area contributed by atoms with Crippen LogP contribution in [0.2, 0.25) is 0 Å². The van der Waals surface area contributed by atoms with Crippen LogP contribution in [0.4, 0.5) is 0 Å². The summed E-state index contributed by atoms with van der Waals surface area (Å²) in [6.45, 7) is 0.412. The van der Waals surface area contributed by atoms with Gasteiger partial charge in [-0.05, 0) is 25.7 Å². The van der Waals surface area contributed by atoms with E-state index in [-0.39, 0.29) is 17.7 Å². The highest BCUT2D eigenvalue weighted by molar-refractivity contribution is 5.95. The lowest BCUT2D eigenvalue weighted by Crippen LogP contribution is -2.36. The van der Waals surface area contributed by atoms with Crippen LogP contribution in [-0.2, 0) is 14.4 Å². The van der Waals surface area contributed by atoms with Gasteiger partial charge in [0.05, 0.1) is 0 Å². The van der Waals surface area contributed by atoms with Crippen LogP contribution in [0.5, 0.6) is 0 Å². The molecule has 0 aromatic heterocycles. The summed E-state index contributed by atoms with van der Waals surface area (Å²) < 4.78 is 0. The molecule has 0 radical (unpaired) electrons. The van der Waals surface area contributed by atoms with Crippen LogP contribution in [0.1, 0.15) is 44.9 Å². The van der Waals surface area contributed by atoms with Crippen molar-refractivity contribution in [3.63, 3.8) is 0 Å². The van der Waals surface area contributed by atoms with E-state index in [9.17, 15) is 14.4 Å². The summed E-state index contributed by atoms with van der Waals surface area (Å²) in [5.41, 5.74) is 2.04. The summed E-state index contributed by atoms with van der Waals surface area (Å²) >= 11 is 0. The van der Waals surface area contributed by atoms with Crippen LogP contribution < -0.4 is 11.3 Å². The SMILES string of the molecule is NNC(=O)CCCCN1C(=O)CCCCC1=O. The molecule has 6 nitrogen and oxygen atoms in total. The molecular formula is C11H19N3O3. The van der Waals surface area contributed by atoms with Crippen molar-refractivity contribution in [3.05, 3.63) is 0 Å². The fourth-order valence-corrected chi connectivity index (χ4v) is 1.84. The first-order chi connectivity index (χ1) is 8.15. The Labute approximate surface area is 100 Å². The van der Waals surface area contributed by atoms with Crippen molar-refractivity contribution >= 4 is 17.7 Å². The minimum Gasteiger partial charge on any atom is -0.294 e. The number of rotatable bonds is 5. The zero-order valence-electron chi connectivity index (χ0n) is 9.91. The third kappa shape index (κ3) is 4.52. The monoisotopic (exact) mass is 241 g/mol. The molecule has 3 N–H and O–H groups in total. The number of likely N-dealkylation sites (tertiary alicyclic amines) is 1. The first kappa shape index (κ1) is 13.6. The lowest BCUT2D eigenvalue weighted by Gasteiger charge is -2.18. The van der Waals surface area contributed by atoms with E-state index in [2.05, 4.69) is 0 Å². The van der Waals surface area contributed by atoms with Crippen molar-refractivity contribution in [2.24, 2.45) is 5.84 Å². The van der Waals surface area contributed by atoms with Crippen LogP contribution >= 0.6 is 0 Å². The molecule has 0 saturated carbocycles. The molecule has 0 aliphatic carbocycles. The van der Waals surface area contributed by atoms with Gasteiger partial charge in [-0.2, -0.15) is 0 Å². The van der Waals surface area contributed by atoms with Gasteiger partial charge in [0.1, 0.15) is 0 Å². The number of nitrogens with one attached hydrogen (secondary N) is 1. The van der Waals surface area contributed by atoms with Gasteiger partial charge in [0.25, 0.3) is 0 Å². The van der Waals surface area contributed by atoms with Gasteiger partial charge >= 0.3 is 0 Å². The summed E-state index contributed by atoms with van der Waals surface area (Å²) in [6, 6.07) is 0. The molecular weight excluding hydrogens is 222 g/mol. The third-order valence-corrected chi connectivity index (χ3v) is 2.83. The molecule has 1 heterocycles. The van der Waals surface area contributed by atoms with Crippen LogP contribution in [0.25, 0.3) is 0 Å². The van der Waals surface area contributed by atoms with E-state index in [1.807, 2.05) is 5.43 Å². The molecule has 1 saturated heterocycles. The molecule has 1 aliphatic heterocycles. The number of nitrogens with zero attached hydrogens (tertiary/aromatic N) is 1. The first-order valence-corrected chi connectivity index (χ1v) is 5.98. The van der Waals surface area contributed by atoms with Crippen LogP contribution in [-0.4, -0.2) is 29.2 Å². The van der Waals surface area contributed by atoms with Gasteiger partial charge in [-0.1, -0.05) is 0 Å². The second-order valence-corrected chi connectivity index (χ2v) is 4.17. The van der Waals surface area contributed by atoms with Gasteiger partial charge in [0.15, 0.2) is 0 Å². The maximum absolute atomic E-state index is 11.6. The molecule has 0 aromatic rings. The Bertz CT molecular complexity index is 286. The molecule has 0 bridgehead atoms. The highest BCUT2D eigenvalue weighted by atomic mass is 16.2. The van der Waals surface area contributed by atoms with Crippen LogP contribution in [0.3, 0.4) is 0 Å². The quantitative estimate of drug-likeness (QED) is 0.234. The Balaban J connectivity index is 2.30. The molecule has 0 aromatic carbocycles. The van der Waals surface area contributed by atoms with Crippen molar-refractivity contribution in [2.45, 2.75) is 44.9 Å². The number of nitrogens with two attached hydrogens (primary N) is 1. The van der Waals surface area contributed by atoms with Crippen molar-refractivity contribution in [1.29, 1.82) is 0 Å². The predicted molar refractivity (Wildman–Crippen MR) is 61.4 cm³/mol. The Morgan fingerprint density at radius 2 is 1.76 bits per heavy atom. The normalized spacial score (nSPS) is 16.9. The largest absolute Gasteiger partial charge is 0.294 e. The number of carbonyl (C=O) groups is 3. The lowest BCUT2D eigenvalue weighted by molar-refractivity contribution is -0.143. The third-order valence-electron chi connectivity index (χ3n) is 2.83. The Kier molecular flexibility index (Phi) is 5.62. The highest BCUT2D eigenvalue weighted by Crippen LogP contribution is 2.13. The summed E-state index contributed by atoms with van der Waals surface area (Å²) in [5, 5.41) is 0. The van der Waals surface area contributed by atoms with Gasteiger partial charge in [0, 0.05) is 25.8 Å². The van der Waals surface area contributed by atoms with Gasteiger partial charge in [-0.15, -0.1) is 0 Å². The zero-order chi connectivity index (χ0) is 12.7. The van der Waals surface area contributed by atoms with Crippen molar-refractivity contribution in [1.82, 2.24) is 10.3 Å². The minimum absolute atomic E-state index is 0.0872. The molecule has 96 valence electrons. The van der Waals surface area contributed by atoms with E-state index in [1.54, 1.807) is 0 Å². The number of amides is 3. The molecule has 0 spiro atoms. The van der Waals surface area contributed by atoms with Crippen molar-refractivity contribution < 1.29 is 14.4 Å². The molecule has 0 unspecified atom stereocenters. The zero-order valence-corrected chi connectivity index (χ0v) is 9.91.